The van der Waals surface area contributed by atoms with E-state index >= 15 is 0 Å². The number of aliphatic hydroxyl groups is 1. The van der Waals surface area contributed by atoms with Gasteiger partial charge in [-0.2, -0.15) is 0 Å². The molecule has 14 heavy (non-hydrogen) atoms. The smallest absolute Gasteiger partial charge is 0.335 e. The first-order valence-corrected chi connectivity index (χ1v) is 5.60. The number of carbonyl (C=O) groups is 1. The van der Waals surface area contributed by atoms with Gasteiger partial charge in [0.05, 0.1) is 6.61 Å². The molecule has 0 aliphatic rings. The van der Waals surface area contributed by atoms with Gasteiger partial charge in [0.15, 0.2) is 0 Å². The summed E-state index contributed by atoms with van der Waals surface area (Å²) in [7, 11) is 0. The van der Waals surface area contributed by atoms with Crippen molar-refractivity contribution < 1.29 is 14.6 Å². The predicted octanol–water partition coefficient (Wildman–Crippen LogP) is 2.57. The van der Waals surface area contributed by atoms with Crippen molar-refractivity contribution in [2.75, 3.05) is 6.61 Å². The Hall–Kier alpha value is 0.130. The van der Waals surface area contributed by atoms with Crippen molar-refractivity contribution in [1.29, 1.82) is 0 Å². The van der Waals surface area contributed by atoms with Gasteiger partial charge in [0.25, 0.3) is 0 Å². The highest BCUT2D eigenvalue weighted by Crippen LogP contribution is 2.45. The Labute approximate surface area is 101 Å². The number of halogens is 2. The summed E-state index contributed by atoms with van der Waals surface area (Å²) < 4.78 is 4.00. The summed E-state index contributed by atoms with van der Waals surface area (Å²) in [6, 6.07) is 0. The van der Waals surface area contributed by atoms with Crippen LogP contribution in [0, 0.1) is 5.41 Å². The van der Waals surface area contributed by atoms with Gasteiger partial charge in [-0.05, 0) is 38.8 Å². The lowest BCUT2D eigenvalue weighted by molar-refractivity contribution is -0.146. The van der Waals surface area contributed by atoms with E-state index in [9.17, 15) is 4.79 Å². The van der Waals surface area contributed by atoms with Crippen LogP contribution >= 0.6 is 31.9 Å². The number of carbonyl (C=O) groups excluding carboxylic acids is 1. The van der Waals surface area contributed by atoms with Crippen LogP contribution < -0.4 is 0 Å². The first-order chi connectivity index (χ1) is 6.14. The van der Waals surface area contributed by atoms with Crippen molar-refractivity contribution >= 4 is 37.8 Å². The van der Waals surface area contributed by atoms with Crippen molar-refractivity contribution in [3.63, 3.8) is 0 Å². The largest absolute Gasteiger partial charge is 0.433 e. The van der Waals surface area contributed by atoms with E-state index in [-0.39, 0.29) is 6.61 Å². The number of alkyl halides is 2. The first-order valence-electron chi connectivity index (χ1n) is 4.01. The maximum Gasteiger partial charge on any atom is 0.335 e. The van der Waals surface area contributed by atoms with Crippen LogP contribution in [-0.2, 0) is 9.53 Å². The summed E-state index contributed by atoms with van der Waals surface area (Å²) in [6.07, 6.45) is 0. The zero-order chi connectivity index (χ0) is 11.6. The molecule has 0 spiro atoms. The van der Waals surface area contributed by atoms with Gasteiger partial charge >= 0.3 is 5.97 Å². The fourth-order valence-electron chi connectivity index (χ4n) is 0.434. The SMILES string of the molecule is C=C(C)C(=O)OC(Br)(Br)C(C)(C)CO. The van der Waals surface area contributed by atoms with Gasteiger partial charge in [0.1, 0.15) is 0 Å². The van der Waals surface area contributed by atoms with E-state index in [0.717, 1.165) is 0 Å². The van der Waals surface area contributed by atoms with Gasteiger partial charge in [0, 0.05) is 11.0 Å². The number of hydrogen-bond acceptors (Lipinski definition) is 3. The average Bonchev–Trinajstić information content (AvgIpc) is 2.03. The zero-order valence-electron chi connectivity index (χ0n) is 8.43. The molecule has 0 atom stereocenters. The van der Waals surface area contributed by atoms with Crippen molar-refractivity contribution in [3.8, 4) is 0 Å². The number of rotatable bonds is 4. The molecule has 0 aliphatic heterocycles. The minimum Gasteiger partial charge on any atom is -0.433 e. The quantitative estimate of drug-likeness (QED) is 0.490. The summed E-state index contributed by atoms with van der Waals surface area (Å²) >= 11 is 6.41. The van der Waals surface area contributed by atoms with Crippen LogP contribution in [0.5, 0.6) is 0 Å². The lowest BCUT2D eigenvalue weighted by Gasteiger charge is -2.35. The Morgan fingerprint density at radius 1 is 1.50 bits per heavy atom. The van der Waals surface area contributed by atoms with E-state index < -0.39 is 14.8 Å². The van der Waals surface area contributed by atoms with Crippen LogP contribution in [0.15, 0.2) is 12.2 Å². The van der Waals surface area contributed by atoms with Crippen LogP contribution in [0.25, 0.3) is 0 Å². The molecular formula is C9H14Br2O3. The molecule has 0 aromatic heterocycles. The standard InChI is InChI=1S/C9H14Br2O3/c1-6(2)7(13)14-9(10,11)8(3,4)5-12/h12H,1,5H2,2-4H3. The molecule has 0 saturated heterocycles. The molecule has 0 rings (SSSR count). The predicted molar refractivity (Wildman–Crippen MR) is 62.4 cm³/mol. The van der Waals surface area contributed by atoms with Crippen LogP contribution in [0.3, 0.4) is 0 Å². The lowest BCUT2D eigenvalue weighted by atomic mass is 9.96. The number of ether oxygens (including phenoxy) is 1. The second-order valence-corrected chi connectivity index (χ2v) is 7.03. The molecule has 82 valence electrons. The Morgan fingerprint density at radius 2 is 1.93 bits per heavy atom. The minimum absolute atomic E-state index is 0.132. The summed E-state index contributed by atoms with van der Waals surface area (Å²) in [6.45, 7) is 8.40. The topological polar surface area (TPSA) is 46.5 Å². The van der Waals surface area contributed by atoms with E-state index in [1.807, 2.05) is 0 Å². The van der Waals surface area contributed by atoms with E-state index in [2.05, 4.69) is 38.4 Å². The number of esters is 1. The number of aliphatic hydroxyl groups excluding tert-OH is 1. The van der Waals surface area contributed by atoms with Crippen LogP contribution in [0.1, 0.15) is 20.8 Å². The Kier molecular flexibility index (Phi) is 4.81. The second-order valence-electron chi connectivity index (χ2n) is 3.73. The monoisotopic (exact) mass is 328 g/mol. The highest BCUT2D eigenvalue weighted by Gasteiger charge is 2.44. The highest BCUT2D eigenvalue weighted by molar-refractivity contribution is 9.25. The maximum atomic E-state index is 11.3. The summed E-state index contributed by atoms with van der Waals surface area (Å²) in [5.74, 6) is -0.514. The Bertz CT molecular complexity index is 246. The normalized spacial score (nSPS) is 12.4. The van der Waals surface area contributed by atoms with E-state index in [0.29, 0.717) is 5.57 Å². The maximum absolute atomic E-state index is 11.3. The average molecular weight is 330 g/mol. The summed E-state index contributed by atoms with van der Waals surface area (Å²) in [5.41, 5.74) is -0.333. The molecule has 0 amide bonds. The van der Waals surface area contributed by atoms with Crippen LogP contribution in [-0.4, -0.2) is 21.1 Å². The fourth-order valence-corrected chi connectivity index (χ4v) is 0.979. The molecule has 1 N–H and O–H groups in total. The highest BCUT2D eigenvalue weighted by atomic mass is 79.9. The molecule has 0 heterocycles. The van der Waals surface area contributed by atoms with Gasteiger partial charge in [-0.15, -0.1) is 0 Å². The second kappa shape index (κ2) is 4.77. The van der Waals surface area contributed by atoms with Gasteiger partial charge in [0.2, 0.25) is 3.42 Å². The molecular weight excluding hydrogens is 316 g/mol. The molecule has 0 fully saturated rings. The zero-order valence-corrected chi connectivity index (χ0v) is 11.6. The molecule has 3 nitrogen and oxygen atoms in total. The van der Waals surface area contributed by atoms with Gasteiger partial charge in [-0.1, -0.05) is 20.4 Å². The summed E-state index contributed by atoms with van der Waals surface area (Å²) in [5, 5.41) is 9.11. The Balaban J connectivity index is 4.65. The van der Waals surface area contributed by atoms with Crippen molar-refractivity contribution in [2.45, 2.75) is 24.2 Å². The fraction of sp³-hybridized carbons (Fsp3) is 0.667. The molecule has 0 aliphatic carbocycles. The molecule has 5 heteroatoms. The minimum atomic E-state index is -1.09. The molecule has 0 bridgehead atoms. The van der Waals surface area contributed by atoms with Gasteiger partial charge in [-0.3, -0.25) is 0 Å². The third-order valence-electron chi connectivity index (χ3n) is 1.75. The van der Waals surface area contributed by atoms with Gasteiger partial charge in [-0.25, -0.2) is 4.79 Å². The molecule has 0 aromatic carbocycles. The molecule has 0 aromatic rings. The number of hydrogen-bond donors (Lipinski definition) is 1. The van der Waals surface area contributed by atoms with E-state index in [1.54, 1.807) is 20.8 Å². The molecule has 0 saturated carbocycles. The van der Waals surface area contributed by atoms with E-state index in [1.165, 1.54) is 0 Å². The van der Waals surface area contributed by atoms with Crippen LogP contribution in [0.2, 0.25) is 0 Å². The third-order valence-corrected chi connectivity index (χ3v) is 4.22. The Morgan fingerprint density at radius 3 is 2.21 bits per heavy atom. The summed E-state index contributed by atoms with van der Waals surface area (Å²) in [4.78, 5) is 11.3. The van der Waals surface area contributed by atoms with Crippen molar-refractivity contribution in [1.82, 2.24) is 0 Å². The van der Waals surface area contributed by atoms with Crippen molar-refractivity contribution in [3.05, 3.63) is 12.2 Å². The van der Waals surface area contributed by atoms with Gasteiger partial charge < -0.3 is 9.84 Å². The molecule has 0 radical (unpaired) electrons. The molecule has 0 unspecified atom stereocenters. The van der Waals surface area contributed by atoms with E-state index in [4.69, 9.17) is 9.84 Å². The lowest BCUT2D eigenvalue weighted by Crippen LogP contribution is -2.40. The van der Waals surface area contributed by atoms with Crippen molar-refractivity contribution in [2.24, 2.45) is 5.41 Å². The first kappa shape index (κ1) is 14.1. The third kappa shape index (κ3) is 3.37. The van der Waals surface area contributed by atoms with Crippen LogP contribution in [0.4, 0.5) is 0 Å².